The van der Waals surface area contributed by atoms with Crippen LogP contribution < -0.4 is 0 Å². The number of benzene rings is 2. The van der Waals surface area contributed by atoms with Crippen molar-refractivity contribution in [2.75, 3.05) is 26.2 Å². The van der Waals surface area contributed by atoms with Crippen molar-refractivity contribution in [3.8, 4) is 11.1 Å². The molecule has 28 heavy (non-hydrogen) atoms. The fourth-order valence-electron chi connectivity index (χ4n) is 3.57. The lowest BCUT2D eigenvalue weighted by Gasteiger charge is -2.23. The molecule has 2 aromatic carbocycles. The van der Waals surface area contributed by atoms with Gasteiger partial charge in [0, 0.05) is 38.2 Å². The maximum absolute atomic E-state index is 13.2. The van der Waals surface area contributed by atoms with Crippen LogP contribution in [0.15, 0.2) is 48.5 Å². The molecule has 0 saturated carbocycles. The standard InChI is InChI=1S/C22H24N2O4/c1-2-20(25)23-12-7-13-24(15-14-23)21(26)18-10-5-3-8-16(18)17-9-4-6-11-19(17)22(27)28/h3-6,8-11H,2,7,12-15H2,1H3,(H,27,28). The van der Waals surface area contributed by atoms with Crippen LogP contribution in [0.25, 0.3) is 11.1 Å². The predicted molar refractivity (Wildman–Crippen MR) is 106 cm³/mol. The Morgan fingerprint density at radius 3 is 2.00 bits per heavy atom. The average molecular weight is 380 g/mol. The molecule has 0 spiro atoms. The summed E-state index contributed by atoms with van der Waals surface area (Å²) in [5.41, 5.74) is 1.78. The molecular formula is C22H24N2O4. The molecule has 0 radical (unpaired) electrons. The van der Waals surface area contributed by atoms with Gasteiger partial charge in [0.2, 0.25) is 5.91 Å². The fourth-order valence-corrected chi connectivity index (χ4v) is 3.57. The second-order valence-electron chi connectivity index (χ2n) is 6.78. The zero-order chi connectivity index (χ0) is 20.1. The van der Waals surface area contributed by atoms with E-state index in [2.05, 4.69) is 0 Å². The van der Waals surface area contributed by atoms with E-state index in [9.17, 15) is 19.5 Å². The molecule has 1 aliphatic rings. The van der Waals surface area contributed by atoms with Crippen molar-refractivity contribution in [1.82, 2.24) is 9.80 Å². The van der Waals surface area contributed by atoms with Crippen molar-refractivity contribution >= 4 is 17.8 Å². The quantitative estimate of drug-likeness (QED) is 0.884. The second-order valence-corrected chi connectivity index (χ2v) is 6.78. The van der Waals surface area contributed by atoms with Crippen molar-refractivity contribution in [3.05, 3.63) is 59.7 Å². The Labute approximate surface area is 164 Å². The summed E-state index contributed by atoms with van der Waals surface area (Å²) < 4.78 is 0. The number of rotatable bonds is 4. The number of carbonyl (C=O) groups excluding carboxylic acids is 2. The zero-order valence-electron chi connectivity index (χ0n) is 15.9. The maximum Gasteiger partial charge on any atom is 0.336 e. The third-order valence-corrected chi connectivity index (χ3v) is 5.04. The third-order valence-electron chi connectivity index (χ3n) is 5.04. The number of hydrogen-bond acceptors (Lipinski definition) is 3. The van der Waals surface area contributed by atoms with Crippen LogP contribution in [-0.4, -0.2) is 58.9 Å². The highest BCUT2D eigenvalue weighted by Gasteiger charge is 2.24. The molecule has 1 N–H and O–H groups in total. The summed E-state index contributed by atoms with van der Waals surface area (Å²) in [6, 6.07) is 13.8. The lowest BCUT2D eigenvalue weighted by molar-refractivity contribution is -0.130. The maximum atomic E-state index is 13.2. The minimum atomic E-state index is -1.03. The molecule has 1 heterocycles. The highest BCUT2D eigenvalue weighted by atomic mass is 16.4. The topological polar surface area (TPSA) is 77.9 Å². The van der Waals surface area contributed by atoms with Gasteiger partial charge in [0.1, 0.15) is 0 Å². The van der Waals surface area contributed by atoms with Crippen molar-refractivity contribution in [1.29, 1.82) is 0 Å². The number of carboxylic acids is 1. The van der Waals surface area contributed by atoms with Crippen molar-refractivity contribution in [2.24, 2.45) is 0 Å². The first-order valence-corrected chi connectivity index (χ1v) is 9.51. The van der Waals surface area contributed by atoms with Crippen LogP contribution in [0.5, 0.6) is 0 Å². The molecular weight excluding hydrogens is 356 g/mol. The number of hydrogen-bond donors (Lipinski definition) is 1. The molecule has 1 fully saturated rings. The molecule has 6 nitrogen and oxygen atoms in total. The molecule has 0 bridgehead atoms. The van der Waals surface area contributed by atoms with E-state index in [1.165, 1.54) is 0 Å². The first kappa shape index (κ1) is 19.6. The van der Waals surface area contributed by atoms with Gasteiger partial charge in [-0.15, -0.1) is 0 Å². The van der Waals surface area contributed by atoms with Crippen molar-refractivity contribution in [2.45, 2.75) is 19.8 Å². The van der Waals surface area contributed by atoms with Gasteiger partial charge in [-0.1, -0.05) is 43.3 Å². The number of carboxylic acid groups (broad SMARTS) is 1. The van der Waals surface area contributed by atoms with Crippen molar-refractivity contribution in [3.63, 3.8) is 0 Å². The summed E-state index contributed by atoms with van der Waals surface area (Å²) in [7, 11) is 0. The van der Waals surface area contributed by atoms with Crippen LogP contribution in [0.2, 0.25) is 0 Å². The first-order valence-electron chi connectivity index (χ1n) is 9.51. The zero-order valence-corrected chi connectivity index (χ0v) is 15.9. The summed E-state index contributed by atoms with van der Waals surface area (Å²) in [6.07, 6.45) is 1.19. The average Bonchev–Trinajstić information content (AvgIpc) is 2.99. The summed E-state index contributed by atoms with van der Waals surface area (Å²) >= 11 is 0. The van der Waals surface area contributed by atoms with Gasteiger partial charge in [-0.2, -0.15) is 0 Å². The van der Waals surface area contributed by atoms with E-state index in [1.807, 2.05) is 6.92 Å². The molecule has 0 atom stereocenters. The van der Waals surface area contributed by atoms with Gasteiger partial charge < -0.3 is 14.9 Å². The molecule has 3 rings (SSSR count). The summed E-state index contributed by atoms with van der Waals surface area (Å²) in [5.74, 6) is -1.06. The van der Waals surface area contributed by atoms with E-state index in [0.29, 0.717) is 49.3 Å². The molecule has 1 aliphatic heterocycles. The Morgan fingerprint density at radius 1 is 0.821 bits per heavy atom. The van der Waals surface area contributed by atoms with Gasteiger partial charge in [-0.3, -0.25) is 9.59 Å². The van der Waals surface area contributed by atoms with Gasteiger partial charge in [-0.05, 0) is 29.7 Å². The van der Waals surface area contributed by atoms with E-state index in [4.69, 9.17) is 0 Å². The van der Waals surface area contributed by atoms with E-state index in [1.54, 1.807) is 58.3 Å². The highest BCUT2D eigenvalue weighted by Crippen LogP contribution is 2.28. The molecule has 0 aromatic heterocycles. The van der Waals surface area contributed by atoms with Crippen LogP contribution in [0.1, 0.15) is 40.5 Å². The molecule has 2 aromatic rings. The SMILES string of the molecule is CCC(=O)N1CCCN(C(=O)c2ccccc2-c2ccccc2C(=O)O)CC1. The number of nitrogens with zero attached hydrogens (tertiary/aromatic N) is 2. The Morgan fingerprint density at radius 2 is 1.36 bits per heavy atom. The lowest BCUT2D eigenvalue weighted by Crippen LogP contribution is -2.37. The van der Waals surface area contributed by atoms with E-state index in [0.717, 1.165) is 6.42 Å². The van der Waals surface area contributed by atoms with Crippen LogP contribution >= 0.6 is 0 Å². The van der Waals surface area contributed by atoms with Gasteiger partial charge in [-0.25, -0.2) is 4.79 Å². The Bertz CT molecular complexity index is 894. The van der Waals surface area contributed by atoms with Crippen LogP contribution in [0.3, 0.4) is 0 Å². The van der Waals surface area contributed by atoms with E-state index >= 15 is 0 Å². The molecule has 146 valence electrons. The normalized spacial score (nSPS) is 14.5. The number of carbonyl (C=O) groups is 3. The van der Waals surface area contributed by atoms with E-state index in [-0.39, 0.29) is 17.4 Å². The predicted octanol–water partition coefficient (Wildman–Crippen LogP) is 3.14. The summed E-state index contributed by atoms with van der Waals surface area (Å²) in [4.78, 5) is 40.4. The number of amides is 2. The van der Waals surface area contributed by atoms with Gasteiger partial charge in [0.25, 0.3) is 5.91 Å². The monoisotopic (exact) mass is 380 g/mol. The molecule has 0 aliphatic carbocycles. The minimum absolute atomic E-state index is 0.102. The van der Waals surface area contributed by atoms with Gasteiger partial charge in [0.05, 0.1) is 5.56 Å². The smallest absolute Gasteiger partial charge is 0.336 e. The van der Waals surface area contributed by atoms with Gasteiger partial charge in [0.15, 0.2) is 0 Å². The Kier molecular flexibility index (Phi) is 6.09. The Hall–Kier alpha value is -3.15. The third kappa shape index (κ3) is 4.06. The fraction of sp³-hybridized carbons (Fsp3) is 0.318. The molecule has 2 amide bonds. The number of aromatic carboxylic acids is 1. The van der Waals surface area contributed by atoms with E-state index < -0.39 is 5.97 Å². The van der Waals surface area contributed by atoms with Crippen molar-refractivity contribution < 1.29 is 19.5 Å². The summed E-state index contributed by atoms with van der Waals surface area (Å²) in [6.45, 7) is 4.05. The van der Waals surface area contributed by atoms with Crippen LogP contribution in [-0.2, 0) is 4.79 Å². The summed E-state index contributed by atoms with van der Waals surface area (Å²) in [5, 5.41) is 9.51. The van der Waals surface area contributed by atoms with Gasteiger partial charge >= 0.3 is 5.97 Å². The molecule has 0 unspecified atom stereocenters. The minimum Gasteiger partial charge on any atom is -0.478 e. The van der Waals surface area contributed by atoms with Crippen LogP contribution in [0, 0.1) is 0 Å². The van der Waals surface area contributed by atoms with Crippen LogP contribution in [0.4, 0.5) is 0 Å². The second kappa shape index (κ2) is 8.69. The Balaban J connectivity index is 1.90. The lowest BCUT2D eigenvalue weighted by atomic mass is 9.94. The first-order chi connectivity index (χ1) is 13.5. The highest BCUT2D eigenvalue weighted by molar-refractivity contribution is 6.04. The molecule has 1 saturated heterocycles. The largest absolute Gasteiger partial charge is 0.478 e. The molecule has 6 heteroatoms.